The van der Waals surface area contributed by atoms with Crippen molar-refractivity contribution >= 4 is 11.6 Å². The zero-order chi connectivity index (χ0) is 13.8. The Morgan fingerprint density at radius 1 is 1.32 bits per heavy atom. The van der Waals surface area contributed by atoms with Crippen LogP contribution in [-0.4, -0.2) is 28.9 Å². The van der Waals surface area contributed by atoms with Crippen LogP contribution in [0.25, 0.3) is 0 Å². The number of nitro groups is 1. The second kappa shape index (κ2) is 5.79. The van der Waals surface area contributed by atoms with Crippen LogP contribution in [0.1, 0.15) is 35.2 Å². The molecule has 6 heteroatoms. The number of nitrogens with zero attached hydrogens (tertiary/aromatic N) is 2. The van der Waals surface area contributed by atoms with Gasteiger partial charge in [-0.05, 0) is 31.9 Å². The zero-order valence-corrected chi connectivity index (χ0v) is 10.9. The van der Waals surface area contributed by atoms with Gasteiger partial charge in [-0.2, -0.15) is 0 Å². The number of benzene rings is 1. The highest BCUT2D eigenvalue weighted by atomic mass is 16.6. The smallest absolute Gasteiger partial charge is 0.272 e. The first-order valence-corrected chi connectivity index (χ1v) is 6.39. The zero-order valence-electron chi connectivity index (χ0n) is 10.9. The fourth-order valence-corrected chi connectivity index (χ4v) is 2.22. The lowest BCUT2D eigenvalue weighted by molar-refractivity contribution is -0.385. The molecule has 102 valence electrons. The molecule has 0 aliphatic carbocycles. The number of nitrogens with one attached hydrogen (secondary N) is 1. The van der Waals surface area contributed by atoms with Gasteiger partial charge < -0.3 is 0 Å². The van der Waals surface area contributed by atoms with Crippen LogP contribution in [0.4, 0.5) is 5.69 Å². The van der Waals surface area contributed by atoms with E-state index < -0.39 is 4.92 Å². The highest BCUT2D eigenvalue weighted by Gasteiger charge is 2.16. The summed E-state index contributed by atoms with van der Waals surface area (Å²) in [6, 6.07) is 4.42. The van der Waals surface area contributed by atoms with Crippen LogP contribution in [0.5, 0.6) is 0 Å². The maximum absolute atomic E-state index is 12.0. The first-order valence-electron chi connectivity index (χ1n) is 6.39. The van der Waals surface area contributed by atoms with Gasteiger partial charge >= 0.3 is 0 Å². The summed E-state index contributed by atoms with van der Waals surface area (Å²) < 4.78 is 0. The fraction of sp³-hybridized carbons (Fsp3) is 0.462. The van der Waals surface area contributed by atoms with Crippen LogP contribution < -0.4 is 5.43 Å². The van der Waals surface area contributed by atoms with E-state index in [9.17, 15) is 14.9 Å². The topological polar surface area (TPSA) is 75.5 Å². The van der Waals surface area contributed by atoms with Gasteiger partial charge in [0, 0.05) is 30.3 Å². The van der Waals surface area contributed by atoms with Gasteiger partial charge in [0.25, 0.3) is 11.6 Å². The van der Waals surface area contributed by atoms with E-state index in [0.717, 1.165) is 25.9 Å². The Morgan fingerprint density at radius 2 is 2.00 bits per heavy atom. The molecule has 0 unspecified atom stereocenters. The van der Waals surface area contributed by atoms with Crippen molar-refractivity contribution in [3.8, 4) is 0 Å². The van der Waals surface area contributed by atoms with Gasteiger partial charge in [-0.1, -0.05) is 6.42 Å². The molecule has 1 aromatic carbocycles. The largest absolute Gasteiger partial charge is 0.285 e. The van der Waals surface area contributed by atoms with Gasteiger partial charge in [-0.3, -0.25) is 20.3 Å². The lowest BCUT2D eigenvalue weighted by Gasteiger charge is -2.26. The van der Waals surface area contributed by atoms with Gasteiger partial charge in [-0.25, -0.2) is 5.01 Å². The van der Waals surface area contributed by atoms with E-state index in [1.807, 2.05) is 5.01 Å². The quantitative estimate of drug-likeness (QED) is 0.668. The Morgan fingerprint density at radius 3 is 2.58 bits per heavy atom. The average Bonchev–Trinajstić information content (AvgIpc) is 2.39. The molecule has 1 aromatic rings. The molecule has 1 fully saturated rings. The summed E-state index contributed by atoms with van der Waals surface area (Å²) in [6.07, 6.45) is 3.36. The highest BCUT2D eigenvalue weighted by Crippen LogP contribution is 2.18. The summed E-state index contributed by atoms with van der Waals surface area (Å²) in [5, 5.41) is 12.6. The van der Waals surface area contributed by atoms with Crippen molar-refractivity contribution in [2.75, 3.05) is 13.1 Å². The number of hydrogen-bond acceptors (Lipinski definition) is 4. The predicted octanol–water partition coefficient (Wildman–Crippen LogP) is 2.03. The molecule has 1 N–H and O–H groups in total. The van der Waals surface area contributed by atoms with Crippen LogP contribution >= 0.6 is 0 Å². The Balaban J connectivity index is 2.06. The SMILES string of the molecule is Cc1cc(C(=O)NN2CCCCC2)ccc1[N+](=O)[O-]. The van der Waals surface area contributed by atoms with Crippen LogP contribution in [0.15, 0.2) is 18.2 Å². The molecule has 0 aromatic heterocycles. The number of hydrazine groups is 1. The van der Waals surface area contributed by atoms with Crippen molar-refractivity contribution in [2.45, 2.75) is 26.2 Å². The van der Waals surface area contributed by atoms with Gasteiger partial charge in [0.05, 0.1) is 4.92 Å². The molecule has 1 aliphatic heterocycles. The number of piperidine rings is 1. The highest BCUT2D eigenvalue weighted by molar-refractivity contribution is 5.94. The van der Waals surface area contributed by atoms with E-state index in [0.29, 0.717) is 11.1 Å². The maximum Gasteiger partial charge on any atom is 0.272 e. The van der Waals surface area contributed by atoms with Crippen molar-refractivity contribution in [1.29, 1.82) is 0 Å². The van der Waals surface area contributed by atoms with E-state index in [2.05, 4.69) is 5.43 Å². The summed E-state index contributed by atoms with van der Waals surface area (Å²) in [4.78, 5) is 22.3. The lowest BCUT2D eigenvalue weighted by Crippen LogP contribution is -2.45. The Hall–Kier alpha value is -1.95. The minimum Gasteiger partial charge on any atom is -0.285 e. The first-order chi connectivity index (χ1) is 9.08. The van der Waals surface area contributed by atoms with Crippen LogP contribution in [0.2, 0.25) is 0 Å². The lowest BCUT2D eigenvalue weighted by atomic mass is 10.1. The van der Waals surface area contributed by atoms with Crippen molar-refractivity contribution in [1.82, 2.24) is 10.4 Å². The second-order valence-corrected chi connectivity index (χ2v) is 4.75. The third-order valence-electron chi connectivity index (χ3n) is 3.27. The number of aryl methyl sites for hydroxylation is 1. The molecule has 0 spiro atoms. The van der Waals surface area contributed by atoms with E-state index in [1.54, 1.807) is 13.0 Å². The number of carbonyl (C=O) groups is 1. The molecule has 19 heavy (non-hydrogen) atoms. The molecule has 0 bridgehead atoms. The molecule has 1 aliphatic rings. The van der Waals surface area contributed by atoms with Crippen molar-refractivity contribution < 1.29 is 9.72 Å². The summed E-state index contributed by atoms with van der Waals surface area (Å²) in [5.41, 5.74) is 3.82. The average molecular weight is 263 g/mol. The van der Waals surface area contributed by atoms with Gasteiger partial charge in [0.1, 0.15) is 0 Å². The molecular formula is C13H17N3O3. The molecule has 0 saturated carbocycles. The second-order valence-electron chi connectivity index (χ2n) is 4.75. The number of carbonyl (C=O) groups excluding carboxylic acids is 1. The number of nitro benzene ring substituents is 1. The summed E-state index contributed by atoms with van der Waals surface area (Å²) in [6.45, 7) is 3.35. The maximum atomic E-state index is 12.0. The third kappa shape index (κ3) is 3.29. The van der Waals surface area contributed by atoms with Crippen molar-refractivity contribution in [3.05, 3.63) is 39.4 Å². The number of rotatable bonds is 3. The monoisotopic (exact) mass is 263 g/mol. The summed E-state index contributed by atoms with van der Waals surface area (Å²) >= 11 is 0. The van der Waals surface area contributed by atoms with Gasteiger partial charge in [0.15, 0.2) is 0 Å². The molecular weight excluding hydrogens is 246 g/mol. The van der Waals surface area contributed by atoms with Gasteiger partial charge in [0.2, 0.25) is 0 Å². The summed E-state index contributed by atoms with van der Waals surface area (Å²) in [5.74, 6) is -0.208. The molecule has 6 nitrogen and oxygen atoms in total. The molecule has 0 radical (unpaired) electrons. The number of hydrogen-bond donors (Lipinski definition) is 1. The van der Waals surface area contributed by atoms with Crippen LogP contribution in [-0.2, 0) is 0 Å². The standard InChI is InChI=1S/C13H17N3O3/c1-10-9-11(5-6-12(10)16(18)19)13(17)14-15-7-3-2-4-8-15/h5-6,9H,2-4,7-8H2,1H3,(H,14,17). The van der Waals surface area contributed by atoms with E-state index >= 15 is 0 Å². The Labute approximate surface area is 111 Å². The molecule has 2 rings (SSSR count). The van der Waals surface area contributed by atoms with E-state index in [4.69, 9.17) is 0 Å². The third-order valence-corrected chi connectivity index (χ3v) is 3.27. The van der Waals surface area contributed by atoms with Crippen molar-refractivity contribution in [2.24, 2.45) is 0 Å². The predicted molar refractivity (Wildman–Crippen MR) is 70.7 cm³/mol. The molecule has 0 atom stereocenters. The fourth-order valence-electron chi connectivity index (χ4n) is 2.22. The normalized spacial score (nSPS) is 16.1. The Bertz CT molecular complexity index is 496. The minimum atomic E-state index is -0.443. The van der Waals surface area contributed by atoms with Crippen molar-refractivity contribution in [3.63, 3.8) is 0 Å². The molecule has 1 heterocycles. The van der Waals surface area contributed by atoms with E-state index in [1.165, 1.54) is 18.6 Å². The number of amides is 1. The van der Waals surface area contributed by atoms with E-state index in [-0.39, 0.29) is 11.6 Å². The van der Waals surface area contributed by atoms with Crippen LogP contribution in [0, 0.1) is 17.0 Å². The molecule has 1 amide bonds. The van der Waals surface area contributed by atoms with Gasteiger partial charge in [-0.15, -0.1) is 0 Å². The summed E-state index contributed by atoms with van der Waals surface area (Å²) in [7, 11) is 0. The first kappa shape index (κ1) is 13.5. The minimum absolute atomic E-state index is 0.0366. The van der Waals surface area contributed by atoms with Crippen LogP contribution in [0.3, 0.4) is 0 Å². The Kier molecular flexibility index (Phi) is 4.11. The molecule has 1 saturated heterocycles.